The second-order valence-electron chi connectivity index (χ2n) is 6.14. The molecular weight excluding hydrogens is 392 g/mol. The molecule has 0 bridgehead atoms. The number of aromatic nitrogens is 2. The predicted octanol–water partition coefficient (Wildman–Crippen LogP) is 3.22. The zero-order chi connectivity index (χ0) is 21.1. The number of hydrogen-bond donors (Lipinski definition) is 0. The van der Waals surface area contributed by atoms with E-state index in [2.05, 4.69) is 10.1 Å². The maximum absolute atomic E-state index is 12.3. The highest BCUT2D eigenvalue weighted by molar-refractivity contribution is 5.92. The van der Waals surface area contributed by atoms with Crippen molar-refractivity contribution >= 4 is 16.9 Å². The van der Waals surface area contributed by atoms with Gasteiger partial charge in [-0.15, -0.1) is 0 Å². The molecule has 9 nitrogen and oxygen atoms in total. The van der Waals surface area contributed by atoms with Crippen LogP contribution in [0.5, 0.6) is 11.5 Å². The number of carbonyl (C=O) groups is 1. The van der Waals surface area contributed by atoms with E-state index in [4.69, 9.17) is 23.2 Å². The first-order valence-electron chi connectivity index (χ1n) is 8.84. The first kappa shape index (κ1) is 19.2. The molecule has 0 aliphatic rings. The van der Waals surface area contributed by atoms with Gasteiger partial charge in [-0.3, -0.25) is 0 Å². The molecular formula is C21H16N2O7. The molecule has 0 saturated heterocycles. The minimum absolute atomic E-state index is 0.0569. The maximum Gasteiger partial charge on any atom is 0.351 e. The Morgan fingerprint density at radius 3 is 2.70 bits per heavy atom. The third-order valence-corrected chi connectivity index (χ3v) is 4.31. The van der Waals surface area contributed by atoms with Crippen LogP contribution in [0.3, 0.4) is 0 Å². The van der Waals surface area contributed by atoms with E-state index in [1.165, 1.54) is 13.2 Å². The molecule has 0 fully saturated rings. The summed E-state index contributed by atoms with van der Waals surface area (Å²) in [5, 5.41) is 4.49. The molecule has 4 aromatic rings. The number of fused-ring (bicyclic) bond motifs is 1. The van der Waals surface area contributed by atoms with Gasteiger partial charge in [0.25, 0.3) is 5.89 Å². The number of carbonyl (C=O) groups excluding carboxylic acids is 1. The van der Waals surface area contributed by atoms with Crippen LogP contribution in [0.15, 0.2) is 62.3 Å². The van der Waals surface area contributed by atoms with Crippen LogP contribution in [0.25, 0.3) is 22.4 Å². The van der Waals surface area contributed by atoms with Crippen molar-refractivity contribution in [3.63, 3.8) is 0 Å². The topological polar surface area (TPSA) is 114 Å². The van der Waals surface area contributed by atoms with Gasteiger partial charge in [0.2, 0.25) is 5.82 Å². The highest BCUT2D eigenvalue weighted by atomic mass is 16.6. The van der Waals surface area contributed by atoms with Crippen LogP contribution in [0.4, 0.5) is 0 Å². The lowest BCUT2D eigenvalue weighted by Crippen LogP contribution is -2.16. The summed E-state index contributed by atoms with van der Waals surface area (Å²) in [4.78, 5) is 28.6. The minimum Gasteiger partial charge on any atom is -0.497 e. The first-order chi connectivity index (χ1) is 14.6. The molecule has 0 atom stereocenters. The lowest BCUT2D eigenvalue weighted by molar-refractivity contribution is 0.0425. The van der Waals surface area contributed by atoms with E-state index in [1.54, 1.807) is 49.6 Å². The van der Waals surface area contributed by atoms with Crippen molar-refractivity contribution in [2.45, 2.75) is 6.61 Å². The predicted molar refractivity (Wildman–Crippen MR) is 104 cm³/mol. The molecule has 0 saturated carbocycles. The smallest absolute Gasteiger partial charge is 0.351 e. The van der Waals surface area contributed by atoms with Crippen LogP contribution in [-0.2, 0) is 11.3 Å². The SMILES string of the molecule is COc1ccc(-c2noc(COC(=O)c3cc4ccccc4oc3=O)n2)c(OC)c1. The van der Waals surface area contributed by atoms with Gasteiger partial charge in [-0.25, -0.2) is 9.59 Å². The van der Waals surface area contributed by atoms with E-state index in [0.29, 0.717) is 28.0 Å². The van der Waals surface area contributed by atoms with Gasteiger partial charge in [-0.2, -0.15) is 4.98 Å². The van der Waals surface area contributed by atoms with E-state index in [0.717, 1.165) is 0 Å². The Bertz CT molecular complexity index is 1280. The van der Waals surface area contributed by atoms with E-state index in [1.807, 2.05) is 0 Å². The van der Waals surface area contributed by atoms with E-state index in [9.17, 15) is 9.59 Å². The highest BCUT2D eigenvalue weighted by Crippen LogP contribution is 2.31. The summed E-state index contributed by atoms with van der Waals surface area (Å²) < 4.78 is 25.9. The largest absolute Gasteiger partial charge is 0.497 e. The second kappa shape index (κ2) is 8.08. The summed E-state index contributed by atoms with van der Waals surface area (Å²) in [6.45, 7) is -0.309. The molecule has 2 heterocycles. The monoisotopic (exact) mass is 408 g/mol. The van der Waals surface area contributed by atoms with E-state index >= 15 is 0 Å². The Balaban J connectivity index is 1.51. The number of hydrogen-bond acceptors (Lipinski definition) is 9. The van der Waals surface area contributed by atoms with Crippen LogP contribution in [0, 0.1) is 0 Å². The quantitative estimate of drug-likeness (QED) is 0.350. The molecule has 9 heteroatoms. The lowest BCUT2D eigenvalue weighted by Gasteiger charge is -2.07. The van der Waals surface area contributed by atoms with Crippen molar-refractivity contribution in [1.82, 2.24) is 10.1 Å². The zero-order valence-corrected chi connectivity index (χ0v) is 16.1. The summed E-state index contributed by atoms with van der Waals surface area (Å²) in [5.74, 6) is 0.568. The van der Waals surface area contributed by atoms with Gasteiger partial charge < -0.3 is 23.2 Å². The number of benzene rings is 2. The summed E-state index contributed by atoms with van der Waals surface area (Å²) in [7, 11) is 3.06. The summed E-state index contributed by atoms with van der Waals surface area (Å²) in [5.41, 5.74) is -0.0398. The fourth-order valence-electron chi connectivity index (χ4n) is 2.82. The summed E-state index contributed by atoms with van der Waals surface area (Å²) in [6, 6.07) is 13.4. The third kappa shape index (κ3) is 3.72. The second-order valence-corrected chi connectivity index (χ2v) is 6.14. The number of esters is 1. The average molecular weight is 408 g/mol. The molecule has 0 aliphatic carbocycles. The fraction of sp³-hybridized carbons (Fsp3) is 0.143. The molecule has 152 valence electrons. The number of methoxy groups -OCH3 is 2. The van der Waals surface area contributed by atoms with Crippen LogP contribution in [0.1, 0.15) is 16.2 Å². The Morgan fingerprint density at radius 1 is 1.07 bits per heavy atom. The van der Waals surface area contributed by atoms with E-state index in [-0.39, 0.29) is 23.9 Å². The Kier molecular flexibility index (Phi) is 5.17. The van der Waals surface area contributed by atoms with Crippen molar-refractivity contribution in [3.8, 4) is 22.9 Å². The molecule has 2 aromatic carbocycles. The van der Waals surface area contributed by atoms with Gasteiger partial charge in [0, 0.05) is 11.5 Å². The standard InChI is InChI=1S/C21H16N2O7/c1-26-13-7-8-14(17(10-13)27-2)19-22-18(30-23-19)11-28-20(24)15-9-12-5-3-4-6-16(12)29-21(15)25/h3-10H,11H2,1-2H3. The Morgan fingerprint density at radius 2 is 1.90 bits per heavy atom. The van der Waals surface area contributed by atoms with Crippen molar-refractivity contribution in [3.05, 3.63) is 70.4 Å². The molecule has 0 radical (unpaired) electrons. The number of para-hydroxylation sites is 1. The van der Waals surface area contributed by atoms with Crippen LogP contribution >= 0.6 is 0 Å². The van der Waals surface area contributed by atoms with Gasteiger partial charge in [-0.1, -0.05) is 23.4 Å². The van der Waals surface area contributed by atoms with Crippen molar-refractivity contribution in [2.24, 2.45) is 0 Å². The highest BCUT2D eigenvalue weighted by Gasteiger charge is 2.18. The Hall–Kier alpha value is -4.14. The zero-order valence-electron chi connectivity index (χ0n) is 16.1. The van der Waals surface area contributed by atoms with Crippen molar-refractivity contribution < 1.29 is 27.9 Å². The normalized spacial score (nSPS) is 10.7. The molecule has 0 unspecified atom stereocenters. The number of ether oxygens (including phenoxy) is 3. The van der Waals surface area contributed by atoms with Gasteiger partial charge in [0.15, 0.2) is 6.61 Å². The average Bonchev–Trinajstić information content (AvgIpc) is 3.25. The van der Waals surface area contributed by atoms with Crippen molar-refractivity contribution in [1.29, 1.82) is 0 Å². The Labute approximate surface area is 169 Å². The first-order valence-corrected chi connectivity index (χ1v) is 8.84. The number of rotatable bonds is 6. The molecule has 30 heavy (non-hydrogen) atoms. The molecule has 0 spiro atoms. The summed E-state index contributed by atoms with van der Waals surface area (Å²) >= 11 is 0. The van der Waals surface area contributed by atoms with Gasteiger partial charge in [0.05, 0.1) is 19.8 Å². The van der Waals surface area contributed by atoms with Gasteiger partial charge in [-0.05, 0) is 24.3 Å². The van der Waals surface area contributed by atoms with Crippen LogP contribution in [-0.4, -0.2) is 30.3 Å². The van der Waals surface area contributed by atoms with Gasteiger partial charge >= 0.3 is 11.6 Å². The van der Waals surface area contributed by atoms with Crippen LogP contribution < -0.4 is 15.1 Å². The lowest BCUT2D eigenvalue weighted by atomic mass is 10.2. The molecule has 2 aromatic heterocycles. The fourth-order valence-corrected chi connectivity index (χ4v) is 2.82. The number of nitrogens with zero attached hydrogens (tertiary/aromatic N) is 2. The molecule has 0 aliphatic heterocycles. The summed E-state index contributed by atoms with van der Waals surface area (Å²) in [6.07, 6.45) is 0. The third-order valence-electron chi connectivity index (χ3n) is 4.31. The maximum atomic E-state index is 12.3. The van der Waals surface area contributed by atoms with E-state index < -0.39 is 11.6 Å². The van der Waals surface area contributed by atoms with Gasteiger partial charge in [0.1, 0.15) is 22.6 Å². The minimum atomic E-state index is -0.851. The molecule has 0 N–H and O–H groups in total. The van der Waals surface area contributed by atoms with Crippen molar-refractivity contribution in [2.75, 3.05) is 14.2 Å². The molecule has 4 rings (SSSR count). The van der Waals surface area contributed by atoms with Crippen LogP contribution in [0.2, 0.25) is 0 Å². The molecule has 0 amide bonds.